The van der Waals surface area contributed by atoms with E-state index in [9.17, 15) is 18.0 Å². The van der Waals surface area contributed by atoms with E-state index in [1.165, 1.54) is 6.07 Å². The third kappa shape index (κ3) is 3.66. The number of likely N-dealkylation sites (N-methyl/N-ethyl adjacent to an activating group) is 1. The van der Waals surface area contributed by atoms with Crippen LogP contribution in [-0.4, -0.2) is 37.4 Å². The summed E-state index contributed by atoms with van der Waals surface area (Å²) < 4.78 is 44.3. The molecule has 0 amide bonds. The van der Waals surface area contributed by atoms with Gasteiger partial charge < -0.3 is 14.7 Å². The van der Waals surface area contributed by atoms with Crippen LogP contribution < -0.4 is 4.90 Å². The average molecular weight is 303 g/mol. The molecule has 1 aliphatic rings. The first-order chi connectivity index (χ1) is 9.79. The minimum absolute atomic E-state index is 0.00323. The Morgan fingerprint density at radius 1 is 1.48 bits per heavy atom. The minimum atomic E-state index is -4.70. The maximum absolute atomic E-state index is 13.0. The lowest BCUT2D eigenvalue weighted by Crippen LogP contribution is -2.29. The zero-order chi connectivity index (χ0) is 15.6. The Labute approximate surface area is 120 Å². The fraction of sp³-hybridized carbons (Fsp3) is 0.500. The van der Waals surface area contributed by atoms with Crippen molar-refractivity contribution in [1.82, 2.24) is 0 Å². The molecule has 0 bridgehead atoms. The maximum Gasteiger partial charge on any atom is 0.417 e. The Morgan fingerprint density at radius 2 is 2.19 bits per heavy atom. The Morgan fingerprint density at radius 3 is 2.71 bits per heavy atom. The molecule has 1 aromatic rings. The standard InChI is InChI=1S/C14H16F3NO3/c1-18(8-10-3-2-6-21-10)9-4-5-11(13(19)20)12(7-9)14(15,16)17/h4-5,7,10H,2-3,6,8H2,1H3,(H,19,20). The molecule has 0 radical (unpaired) electrons. The number of alkyl halides is 3. The van der Waals surface area contributed by atoms with Crippen molar-refractivity contribution < 1.29 is 27.8 Å². The highest BCUT2D eigenvalue weighted by atomic mass is 19.4. The van der Waals surface area contributed by atoms with Gasteiger partial charge in [-0.2, -0.15) is 13.2 Å². The van der Waals surface area contributed by atoms with Gasteiger partial charge in [0.1, 0.15) is 0 Å². The Bertz CT molecular complexity index is 525. The van der Waals surface area contributed by atoms with Gasteiger partial charge in [-0.05, 0) is 31.0 Å². The number of hydrogen-bond donors (Lipinski definition) is 1. The highest BCUT2D eigenvalue weighted by Gasteiger charge is 2.36. The second kappa shape index (κ2) is 5.93. The van der Waals surface area contributed by atoms with E-state index < -0.39 is 23.3 Å². The van der Waals surface area contributed by atoms with Crippen molar-refractivity contribution in [2.45, 2.75) is 25.1 Å². The van der Waals surface area contributed by atoms with E-state index >= 15 is 0 Å². The summed E-state index contributed by atoms with van der Waals surface area (Å²) in [6.45, 7) is 1.15. The summed E-state index contributed by atoms with van der Waals surface area (Å²) in [6.07, 6.45) is -2.87. The summed E-state index contributed by atoms with van der Waals surface area (Å²) in [6, 6.07) is 3.25. The van der Waals surface area contributed by atoms with Gasteiger partial charge in [0.15, 0.2) is 0 Å². The molecule has 1 unspecified atom stereocenters. The largest absolute Gasteiger partial charge is 0.478 e. The Balaban J connectivity index is 2.26. The van der Waals surface area contributed by atoms with Crippen molar-refractivity contribution in [1.29, 1.82) is 0 Å². The van der Waals surface area contributed by atoms with Crippen LogP contribution in [0.15, 0.2) is 18.2 Å². The van der Waals surface area contributed by atoms with Gasteiger partial charge >= 0.3 is 12.1 Å². The van der Waals surface area contributed by atoms with E-state index in [0.717, 1.165) is 25.0 Å². The molecule has 1 atom stereocenters. The predicted molar refractivity (Wildman–Crippen MR) is 70.6 cm³/mol. The van der Waals surface area contributed by atoms with Crippen molar-refractivity contribution in [3.8, 4) is 0 Å². The molecule has 1 aliphatic heterocycles. The Kier molecular flexibility index (Phi) is 4.41. The molecule has 7 heteroatoms. The predicted octanol–water partition coefficient (Wildman–Crippen LogP) is 3.02. The molecule has 0 spiro atoms. The number of carboxylic acids is 1. The van der Waals surface area contributed by atoms with Crippen molar-refractivity contribution in [2.24, 2.45) is 0 Å². The lowest BCUT2D eigenvalue weighted by atomic mass is 10.1. The lowest BCUT2D eigenvalue weighted by Gasteiger charge is -2.24. The summed E-state index contributed by atoms with van der Waals surface area (Å²) >= 11 is 0. The first kappa shape index (κ1) is 15.6. The smallest absolute Gasteiger partial charge is 0.417 e. The highest BCUT2D eigenvalue weighted by molar-refractivity contribution is 5.90. The summed E-state index contributed by atoms with van der Waals surface area (Å²) in [5.41, 5.74) is -1.55. The number of rotatable bonds is 4. The molecule has 4 nitrogen and oxygen atoms in total. The molecular weight excluding hydrogens is 287 g/mol. The van der Waals surface area contributed by atoms with Gasteiger partial charge in [0, 0.05) is 25.9 Å². The number of benzene rings is 1. The quantitative estimate of drug-likeness (QED) is 0.929. The second-order valence-electron chi connectivity index (χ2n) is 5.05. The molecule has 21 heavy (non-hydrogen) atoms. The number of aromatic carboxylic acids is 1. The third-order valence-corrected chi connectivity index (χ3v) is 3.48. The fourth-order valence-electron chi connectivity index (χ4n) is 2.39. The van der Waals surface area contributed by atoms with Gasteiger partial charge in [-0.25, -0.2) is 4.79 Å². The topological polar surface area (TPSA) is 49.8 Å². The van der Waals surface area contributed by atoms with Crippen LogP contribution in [-0.2, 0) is 10.9 Å². The monoisotopic (exact) mass is 303 g/mol. The molecule has 0 aromatic heterocycles. The molecule has 1 aromatic carbocycles. The third-order valence-electron chi connectivity index (χ3n) is 3.48. The fourth-order valence-corrected chi connectivity index (χ4v) is 2.39. The molecule has 0 saturated carbocycles. The van der Waals surface area contributed by atoms with E-state index in [1.54, 1.807) is 11.9 Å². The molecule has 116 valence electrons. The molecule has 1 fully saturated rings. The van der Waals surface area contributed by atoms with Crippen LogP contribution in [0.5, 0.6) is 0 Å². The zero-order valence-electron chi connectivity index (χ0n) is 11.5. The van der Waals surface area contributed by atoms with Crippen LogP contribution >= 0.6 is 0 Å². The van der Waals surface area contributed by atoms with Crippen molar-refractivity contribution >= 4 is 11.7 Å². The van der Waals surface area contributed by atoms with Crippen molar-refractivity contribution in [3.05, 3.63) is 29.3 Å². The number of carboxylic acid groups (broad SMARTS) is 1. The number of ether oxygens (including phenoxy) is 1. The first-order valence-electron chi connectivity index (χ1n) is 6.56. The van der Waals surface area contributed by atoms with Gasteiger partial charge in [-0.3, -0.25) is 0 Å². The number of nitrogens with zero attached hydrogens (tertiary/aromatic N) is 1. The number of hydrogen-bond acceptors (Lipinski definition) is 3. The lowest BCUT2D eigenvalue weighted by molar-refractivity contribution is -0.138. The summed E-state index contributed by atoms with van der Waals surface area (Å²) in [5, 5.41) is 8.85. The van der Waals surface area contributed by atoms with Gasteiger partial charge in [0.2, 0.25) is 0 Å². The van der Waals surface area contributed by atoms with Crippen molar-refractivity contribution in [3.63, 3.8) is 0 Å². The van der Waals surface area contributed by atoms with Gasteiger partial charge in [0.05, 0.1) is 17.2 Å². The molecule has 1 saturated heterocycles. The summed E-state index contributed by atoms with van der Waals surface area (Å²) in [4.78, 5) is 12.5. The Hall–Kier alpha value is -1.76. The van der Waals surface area contributed by atoms with Gasteiger partial charge in [-0.1, -0.05) is 0 Å². The second-order valence-corrected chi connectivity index (χ2v) is 5.05. The zero-order valence-corrected chi connectivity index (χ0v) is 11.5. The van der Waals surface area contributed by atoms with Crippen LogP contribution in [0, 0.1) is 0 Å². The molecule has 1 N–H and O–H groups in total. The van der Waals surface area contributed by atoms with Crippen LogP contribution in [0.3, 0.4) is 0 Å². The van der Waals surface area contributed by atoms with Crippen LogP contribution in [0.2, 0.25) is 0 Å². The number of carbonyl (C=O) groups is 1. The SMILES string of the molecule is CN(CC1CCCO1)c1ccc(C(=O)O)c(C(F)(F)F)c1. The van der Waals surface area contributed by atoms with E-state index in [-0.39, 0.29) is 6.10 Å². The molecule has 1 heterocycles. The van der Waals surface area contributed by atoms with Gasteiger partial charge in [-0.15, -0.1) is 0 Å². The molecular formula is C14H16F3NO3. The number of anilines is 1. The van der Waals surface area contributed by atoms with Crippen molar-refractivity contribution in [2.75, 3.05) is 25.1 Å². The van der Waals surface area contributed by atoms with Crippen LogP contribution in [0.1, 0.15) is 28.8 Å². The van der Waals surface area contributed by atoms with Gasteiger partial charge in [0.25, 0.3) is 0 Å². The van der Waals surface area contributed by atoms with Crippen LogP contribution in [0.25, 0.3) is 0 Å². The normalized spacial score (nSPS) is 18.8. The van der Waals surface area contributed by atoms with E-state index in [4.69, 9.17) is 9.84 Å². The number of halogens is 3. The highest BCUT2D eigenvalue weighted by Crippen LogP contribution is 2.34. The van der Waals surface area contributed by atoms with E-state index in [2.05, 4.69) is 0 Å². The van der Waals surface area contributed by atoms with E-state index in [1.807, 2.05) is 0 Å². The first-order valence-corrected chi connectivity index (χ1v) is 6.56. The molecule has 2 rings (SSSR count). The van der Waals surface area contributed by atoms with E-state index in [0.29, 0.717) is 18.8 Å². The molecule has 0 aliphatic carbocycles. The van der Waals surface area contributed by atoms with Crippen LogP contribution in [0.4, 0.5) is 18.9 Å². The average Bonchev–Trinajstić information content (AvgIpc) is 2.89. The minimum Gasteiger partial charge on any atom is -0.478 e. The maximum atomic E-state index is 13.0. The summed E-state index contributed by atoms with van der Waals surface area (Å²) in [5.74, 6) is -1.59. The summed E-state index contributed by atoms with van der Waals surface area (Å²) in [7, 11) is 1.66.